The van der Waals surface area contributed by atoms with E-state index in [1.807, 2.05) is 25.1 Å². The van der Waals surface area contributed by atoms with Crippen LogP contribution in [0.4, 0.5) is 4.39 Å². The van der Waals surface area contributed by atoms with Crippen molar-refractivity contribution in [2.45, 2.75) is 51.6 Å². The molecule has 0 spiro atoms. The fourth-order valence-corrected chi connectivity index (χ4v) is 5.24. The lowest BCUT2D eigenvalue weighted by molar-refractivity contribution is -0.963. The van der Waals surface area contributed by atoms with Crippen LogP contribution in [-0.2, 0) is 19.4 Å². The van der Waals surface area contributed by atoms with Gasteiger partial charge in [0.05, 0.1) is 19.1 Å². The molecule has 29 heavy (non-hydrogen) atoms. The SMILES string of the molecule is CCC(=O)c1ccc2c(c1)CC[N+](Cc1ccc(F)cc1)(C1CCNCC1)CC2. The van der Waals surface area contributed by atoms with E-state index >= 15 is 0 Å². The molecule has 154 valence electrons. The van der Waals surface area contributed by atoms with Crippen molar-refractivity contribution in [3.05, 3.63) is 70.5 Å². The number of carbonyl (C=O) groups excluding carboxylic acids is 1. The van der Waals surface area contributed by atoms with Crippen molar-refractivity contribution in [2.24, 2.45) is 0 Å². The molecule has 4 heteroatoms. The van der Waals surface area contributed by atoms with Crippen LogP contribution in [-0.4, -0.2) is 42.5 Å². The first-order valence-corrected chi connectivity index (χ1v) is 11.1. The molecule has 4 rings (SSSR count). The maximum Gasteiger partial charge on any atom is 0.162 e. The predicted octanol–water partition coefficient (Wildman–Crippen LogP) is 4.29. The molecular formula is C25H32FN2O+. The number of rotatable bonds is 5. The van der Waals surface area contributed by atoms with E-state index in [1.54, 1.807) is 12.1 Å². The van der Waals surface area contributed by atoms with Gasteiger partial charge in [-0.2, -0.15) is 0 Å². The van der Waals surface area contributed by atoms with E-state index < -0.39 is 0 Å². The maximum absolute atomic E-state index is 13.5. The zero-order valence-electron chi connectivity index (χ0n) is 17.4. The summed E-state index contributed by atoms with van der Waals surface area (Å²) < 4.78 is 14.5. The van der Waals surface area contributed by atoms with Gasteiger partial charge in [0, 0.05) is 56.3 Å². The minimum absolute atomic E-state index is 0.168. The molecule has 2 aromatic rings. The Hall–Kier alpha value is -2.04. The normalized spacial score (nSPS) is 22.7. The van der Waals surface area contributed by atoms with E-state index in [1.165, 1.54) is 29.5 Å². The molecule has 2 heterocycles. The van der Waals surface area contributed by atoms with Gasteiger partial charge < -0.3 is 9.80 Å². The summed E-state index contributed by atoms with van der Waals surface area (Å²) in [6.07, 6.45) is 4.99. The Morgan fingerprint density at radius 2 is 1.72 bits per heavy atom. The monoisotopic (exact) mass is 395 g/mol. The van der Waals surface area contributed by atoms with Gasteiger partial charge >= 0.3 is 0 Å². The van der Waals surface area contributed by atoms with Gasteiger partial charge in [-0.3, -0.25) is 4.79 Å². The fourth-order valence-electron chi connectivity index (χ4n) is 5.24. The van der Waals surface area contributed by atoms with E-state index in [2.05, 4.69) is 17.4 Å². The number of halogens is 1. The number of hydrogen-bond acceptors (Lipinski definition) is 2. The molecule has 2 aliphatic heterocycles. The molecule has 2 aromatic carbocycles. The molecule has 0 amide bonds. The lowest BCUT2D eigenvalue weighted by Gasteiger charge is -2.46. The third-order valence-electron chi connectivity index (χ3n) is 7.00. The highest BCUT2D eigenvalue weighted by atomic mass is 19.1. The molecular weight excluding hydrogens is 363 g/mol. The first-order chi connectivity index (χ1) is 14.1. The first kappa shape index (κ1) is 20.2. The fraction of sp³-hybridized carbons (Fsp3) is 0.480. The Morgan fingerprint density at radius 3 is 2.41 bits per heavy atom. The molecule has 0 radical (unpaired) electrons. The smallest absolute Gasteiger partial charge is 0.162 e. The molecule has 0 bridgehead atoms. The molecule has 1 unspecified atom stereocenters. The van der Waals surface area contributed by atoms with Crippen LogP contribution < -0.4 is 5.32 Å². The summed E-state index contributed by atoms with van der Waals surface area (Å²) >= 11 is 0. The van der Waals surface area contributed by atoms with Gasteiger partial charge in [0.15, 0.2) is 5.78 Å². The van der Waals surface area contributed by atoms with Gasteiger partial charge in [-0.05, 0) is 29.3 Å². The molecule has 1 N–H and O–H groups in total. The average Bonchev–Trinajstić information content (AvgIpc) is 2.95. The van der Waals surface area contributed by atoms with Crippen molar-refractivity contribution in [2.75, 3.05) is 26.2 Å². The summed E-state index contributed by atoms with van der Waals surface area (Å²) in [4.78, 5) is 12.2. The highest BCUT2D eigenvalue weighted by Crippen LogP contribution is 2.31. The van der Waals surface area contributed by atoms with E-state index in [-0.39, 0.29) is 11.6 Å². The summed E-state index contributed by atoms with van der Waals surface area (Å²) in [7, 11) is 0. The van der Waals surface area contributed by atoms with E-state index in [0.717, 1.165) is 55.6 Å². The standard InChI is InChI=1S/C25H32FN2O/c1-2-25(29)22-6-5-20-11-15-28(16-12-21(20)17-22,24-9-13-27-14-10-24)18-19-3-7-23(26)8-4-19/h3-8,17,24,27H,2,9-16,18H2,1H3/q+1. The van der Waals surface area contributed by atoms with Gasteiger partial charge in [-0.15, -0.1) is 0 Å². The number of Topliss-reactive ketones (excluding diaryl/α,β-unsaturated/α-hetero) is 1. The summed E-state index contributed by atoms with van der Waals surface area (Å²) in [5.41, 5.74) is 4.81. The lowest BCUT2D eigenvalue weighted by Crippen LogP contribution is -2.59. The number of nitrogens with one attached hydrogen (secondary N) is 1. The number of carbonyl (C=O) groups is 1. The van der Waals surface area contributed by atoms with Gasteiger partial charge in [-0.25, -0.2) is 4.39 Å². The second-order valence-electron chi connectivity index (χ2n) is 8.69. The van der Waals surface area contributed by atoms with E-state index in [4.69, 9.17) is 0 Å². The van der Waals surface area contributed by atoms with Crippen LogP contribution in [0.2, 0.25) is 0 Å². The van der Waals surface area contributed by atoms with Crippen LogP contribution in [0.15, 0.2) is 42.5 Å². The van der Waals surface area contributed by atoms with Crippen LogP contribution >= 0.6 is 0 Å². The zero-order chi connectivity index (χ0) is 20.3. The number of benzene rings is 2. The Morgan fingerprint density at radius 1 is 1.03 bits per heavy atom. The summed E-state index contributed by atoms with van der Waals surface area (Å²) in [5, 5.41) is 3.50. The Bertz CT molecular complexity index is 858. The maximum atomic E-state index is 13.5. The van der Waals surface area contributed by atoms with Gasteiger partial charge in [0.25, 0.3) is 0 Å². The molecule has 1 saturated heterocycles. The van der Waals surface area contributed by atoms with E-state index in [9.17, 15) is 9.18 Å². The molecule has 1 atom stereocenters. The van der Waals surface area contributed by atoms with Crippen molar-refractivity contribution in [1.82, 2.24) is 5.32 Å². The van der Waals surface area contributed by atoms with Crippen LogP contribution in [0.5, 0.6) is 0 Å². The van der Waals surface area contributed by atoms with Gasteiger partial charge in [0.2, 0.25) is 0 Å². The second-order valence-corrected chi connectivity index (χ2v) is 8.69. The minimum atomic E-state index is -0.168. The van der Waals surface area contributed by atoms with Crippen molar-refractivity contribution >= 4 is 5.78 Å². The molecule has 0 saturated carbocycles. The summed E-state index contributed by atoms with van der Waals surface area (Å²) in [5.74, 6) is 0.0565. The zero-order valence-corrected chi connectivity index (χ0v) is 17.4. The third-order valence-corrected chi connectivity index (χ3v) is 7.00. The number of ketones is 1. The lowest BCUT2D eigenvalue weighted by atomic mass is 9.98. The van der Waals surface area contributed by atoms with Crippen molar-refractivity contribution in [3.63, 3.8) is 0 Å². The second kappa shape index (κ2) is 8.76. The molecule has 1 fully saturated rings. The van der Waals surface area contributed by atoms with Crippen LogP contribution in [0.3, 0.4) is 0 Å². The van der Waals surface area contributed by atoms with E-state index in [0.29, 0.717) is 12.5 Å². The third kappa shape index (κ3) is 4.44. The summed E-state index contributed by atoms with van der Waals surface area (Å²) in [6, 6.07) is 14.0. The summed E-state index contributed by atoms with van der Waals surface area (Å²) in [6.45, 7) is 7.23. The molecule has 2 aliphatic rings. The van der Waals surface area contributed by atoms with Gasteiger partial charge in [0.1, 0.15) is 12.4 Å². The van der Waals surface area contributed by atoms with Crippen LogP contribution in [0.1, 0.15) is 53.2 Å². The minimum Gasteiger partial charge on any atom is -0.317 e. The van der Waals surface area contributed by atoms with Crippen molar-refractivity contribution < 1.29 is 13.7 Å². The van der Waals surface area contributed by atoms with Crippen molar-refractivity contribution in [3.8, 4) is 0 Å². The van der Waals surface area contributed by atoms with Crippen LogP contribution in [0.25, 0.3) is 0 Å². The van der Waals surface area contributed by atoms with Crippen LogP contribution in [0, 0.1) is 5.82 Å². The number of nitrogens with zero attached hydrogens (tertiary/aromatic N) is 1. The van der Waals surface area contributed by atoms with Gasteiger partial charge in [-0.1, -0.05) is 31.2 Å². The largest absolute Gasteiger partial charge is 0.317 e. The molecule has 0 aromatic heterocycles. The number of piperidine rings is 1. The quantitative estimate of drug-likeness (QED) is 0.605. The Labute approximate surface area is 173 Å². The predicted molar refractivity (Wildman–Crippen MR) is 114 cm³/mol. The topological polar surface area (TPSA) is 29.1 Å². The first-order valence-electron chi connectivity index (χ1n) is 11.1. The van der Waals surface area contributed by atoms with Crippen molar-refractivity contribution in [1.29, 1.82) is 0 Å². The Kier molecular flexibility index (Phi) is 6.12. The highest BCUT2D eigenvalue weighted by molar-refractivity contribution is 5.96. The average molecular weight is 396 g/mol. The number of fused-ring (bicyclic) bond motifs is 1. The Balaban J connectivity index is 1.62. The number of hydrogen-bond donors (Lipinski definition) is 1. The molecule has 3 nitrogen and oxygen atoms in total. The highest BCUT2D eigenvalue weighted by Gasteiger charge is 2.39. The number of quaternary nitrogens is 1. The molecule has 0 aliphatic carbocycles.